The van der Waals surface area contributed by atoms with Gasteiger partial charge < -0.3 is 14.3 Å². The van der Waals surface area contributed by atoms with Gasteiger partial charge in [0.1, 0.15) is 18.4 Å². The third-order valence-corrected chi connectivity index (χ3v) is 5.71. The highest BCUT2D eigenvalue weighted by Gasteiger charge is 2.30. The second kappa shape index (κ2) is 10.4. The lowest BCUT2D eigenvalue weighted by Gasteiger charge is -2.34. The van der Waals surface area contributed by atoms with Crippen molar-refractivity contribution in [2.24, 2.45) is 7.05 Å². The number of imidazole rings is 1. The normalized spacial score (nSPS) is 16.7. The minimum Gasteiger partial charge on any atom is -0.348 e. The fourth-order valence-electron chi connectivity index (χ4n) is 3.92. The SMILES string of the molecule is CCCCCN(/C(=C\C=O)N1CCCC1C=O)c1nc(-c2ccc(Cl)cc2)cn1C. The van der Waals surface area contributed by atoms with Crippen LogP contribution in [0.25, 0.3) is 11.3 Å². The molecular formula is C23H29ClN4O2. The van der Waals surface area contributed by atoms with Crippen molar-refractivity contribution in [3.63, 3.8) is 0 Å². The van der Waals surface area contributed by atoms with E-state index in [4.69, 9.17) is 16.6 Å². The van der Waals surface area contributed by atoms with Gasteiger partial charge in [0.2, 0.25) is 5.95 Å². The molecule has 0 spiro atoms. The van der Waals surface area contributed by atoms with Crippen molar-refractivity contribution in [2.75, 3.05) is 18.0 Å². The van der Waals surface area contributed by atoms with E-state index in [0.717, 1.165) is 80.8 Å². The molecule has 0 amide bonds. The van der Waals surface area contributed by atoms with Crippen LogP contribution in [0.4, 0.5) is 5.95 Å². The zero-order valence-corrected chi connectivity index (χ0v) is 18.4. The minimum absolute atomic E-state index is 0.208. The highest BCUT2D eigenvalue weighted by atomic mass is 35.5. The van der Waals surface area contributed by atoms with Crippen LogP contribution in [0.3, 0.4) is 0 Å². The summed E-state index contributed by atoms with van der Waals surface area (Å²) in [5.41, 5.74) is 1.81. The predicted octanol–water partition coefficient (Wildman–Crippen LogP) is 4.44. The first kappa shape index (κ1) is 22.1. The van der Waals surface area contributed by atoms with Gasteiger partial charge in [-0.25, -0.2) is 4.98 Å². The van der Waals surface area contributed by atoms with Crippen LogP contribution in [0.1, 0.15) is 39.0 Å². The Morgan fingerprint density at radius 2 is 2.03 bits per heavy atom. The first-order chi connectivity index (χ1) is 14.6. The lowest BCUT2D eigenvalue weighted by atomic mass is 10.2. The number of likely N-dealkylation sites (tertiary alicyclic amines) is 1. The van der Waals surface area contributed by atoms with E-state index in [1.165, 1.54) is 0 Å². The van der Waals surface area contributed by atoms with E-state index in [1.54, 1.807) is 6.08 Å². The Morgan fingerprint density at radius 1 is 1.27 bits per heavy atom. The Bertz CT molecular complexity index is 891. The second-order valence-electron chi connectivity index (χ2n) is 7.60. The third kappa shape index (κ3) is 4.93. The van der Waals surface area contributed by atoms with Crippen molar-refractivity contribution in [3.8, 4) is 11.3 Å². The van der Waals surface area contributed by atoms with E-state index >= 15 is 0 Å². The first-order valence-corrected chi connectivity index (χ1v) is 10.9. The zero-order chi connectivity index (χ0) is 21.5. The number of aldehydes is 2. The molecule has 1 aromatic heterocycles. The molecule has 0 N–H and O–H groups in total. The molecule has 1 fully saturated rings. The van der Waals surface area contributed by atoms with Gasteiger partial charge in [0.15, 0.2) is 0 Å². The van der Waals surface area contributed by atoms with Gasteiger partial charge >= 0.3 is 0 Å². The van der Waals surface area contributed by atoms with Crippen molar-refractivity contribution in [1.82, 2.24) is 14.5 Å². The fourth-order valence-corrected chi connectivity index (χ4v) is 4.05. The summed E-state index contributed by atoms with van der Waals surface area (Å²) in [6.07, 6.45) is 10.2. The summed E-state index contributed by atoms with van der Waals surface area (Å²) in [6, 6.07) is 7.38. The molecule has 30 heavy (non-hydrogen) atoms. The molecule has 3 rings (SSSR count). The fraction of sp³-hybridized carbons (Fsp3) is 0.435. The standard InChI is InChI=1S/C23H29ClN4O2/c1-3-4-5-13-28(22(12-15-29)27-14-6-7-20(27)17-30)23-25-21(16-26(23)2)18-8-10-19(24)11-9-18/h8-12,15-17,20H,3-7,13-14H2,1-2H3/b22-12-. The van der Waals surface area contributed by atoms with Crippen LogP contribution in [0.2, 0.25) is 5.02 Å². The number of benzene rings is 1. The number of aryl methyl sites for hydroxylation is 1. The van der Waals surface area contributed by atoms with Crippen LogP contribution in [0, 0.1) is 0 Å². The zero-order valence-electron chi connectivity index (χ0n) is 17.6. The molecule has 1 unspecified atom stereocenters. The van der Waals surface area contributed by atoms with Gasteiger partial charge in [-0.1, -0.05) is 43.5 Å². The summed E-state index contributed by atoms with van der Waals surface area (Å²) in [5, 5.41) is 0.682. The van der Waals surface area contributed by atoms with Crippen LogP contribution in [-0.4, -0.2) is 46.2 Å². The molecule has 2 heterocycles. The smallest absolute Gasteiger partial charge is 0.211 e. The van der Waals surface area contributed by atoms with E-state index in [1.807, 2.05) is 47.0 Å². The maximum Gasteiger partial charge on any atom is 0.211 e. The third-order valence-electron chi connectivity index (χ3n) is 5.46. The average molecular weight is 429 g/mol. The lowest BCUT2D eigenvalue weighted by molar-refractivity contribution is -0.111. The maximum atomic E-state index is 11.6. The molecule has 160 valence electrons. The highest BCUT2D eigenvalue weighted by molar-refractivity contribution is 6.30. The summed E-state index contributed by atoms with van der Waals surface area (Å²) in [4.78, 5) is 32.1. The number of halogens is 1. The Labute approximate surface area is 183 Å². The molecule has 6 nitrogen and oxygen atoms in total. The number of hydrogen-bond acceptors (Lipinski definition) is 5. The molecule has 1 saturated heterocycles. The predicted molar refractivity (Wildman–Crippen MR) is 120 cm³/mol. The van der Waals surface area contributed by atoms with E-state index in [0.29, 0.717) is 5.02 Å². The quantitative estimate of drug-likeness (QED) is 0.318. The summed E-state index contributed by atoms with van der Waals surface area (Å²) in [7, 11) is 1.95. The summed E-state index contributed by atoms with van der Waals surface area (Å²) in [6.45, 7) is 3.64. The van der Waals surface area contributed by atoms with Crippen molar-refractivity contribution >= 4 is 30.1 Å². The largest absolute Gasteiger partial charge is 0.348 e. The molecule has 2 aromatic rings. The number of hydrogen-bond donors (Lipinski definition) is 0. The number of anilines is 1. The van der Waals surface area contributed by atoms with Crippen LogP contribution in [0.15, 0.2) is 42.4 Å². The molecular weight excluding hydrogens is 400 g/mol. The summed E-state index contributed by atoms with van der Waals surface area (Å²) in [5.74, 6) is 1.49. The highest BCUT2D eigenvalue weighted by Crippen LogP contribution is 2.30. The van der Waals surface area contributed by atoms with E-state index < -0.39 is 0 Å². The van der Waals surface area contributed by atoms with E-state index in [2.05, 4.69) is 11.8 Å². The second-order valence-corrected chi connectivity index (χ2v) is 8.04. The number of carbonyl (C=O) groups is 2. The van der Waals surface area contributed by atoms with Gasteiger partial charge in [0, 0.05) is 43.0 Å². The molecule has 7 heteroatoms. The number of aromatic nitrogens is 2. The number of allylic oxidation sites excluding steroid dienone is 1. The molecule has 0 radical (unpaired) electrons. The Balaban J connectivity index is 2.00. The molecule has 1 aliphatic heterocycles. The summed E-state index contributed by atoms with van der Waals surface area (Å²) >= 11 is 6.03. The van der Waals surface area contributed by atoms with Crippen LogP contribution < -0.4 is 4.90 Å². The Kier molecular flexibility index (Phi) is 7.69. The average Bonchev–Trinajstić information content (AvgIpc) is 3.37. The van der Waals surface area contributed by atoms with Gasteiger partial charge in [-0.3, -0.25) is 9.69 Å². The summed E-state index contributed by atoms with van der Waals surface area (Å²) < 4.78 is 1.97. The topological polar surface area (TPSA) is 58.4 Å². The van der Waals surface area contributed by atoms with Gasteiger partial charge in [0.05, 0.1) is 11.7 Å². The minimum atomic E-state index is -0.208. The van der Waals surface area contributed by atoms with Crippen LogP contribution >= 0.6 is 11.6 Å². The van der Waals surface area contributed by atoms with E-state index in [-0.39, 0.29) is 6.04 Å². The number of unbranched alkanes of at least 4 members (excludes halogenated alkanes) is 2. The molecule has 1 aromatic carbocycles. The molecule has 1 atom stereocenters. The van der Waals surface area contributed by atoms with Gasteiger partial charge in [0.25, 0.3) is 0 Å². The molecule has 0 bridgehead atoms. The van der Waals surface area contributed by atoms with Crippen LogP contribution in [0.5, 0.6) is 0 Å². The van der Waals surface area contributed by atoms with Crippen LogP contribution in [-0.2, 0) is 16.6 Å². The van der Waals surface area contributed by atoms with Gasteiger partial charge in [-0.05, 0) is 31.4 Å². The molecule has 0 aliphatic carbocycles. The van der Waals surface area contributed by atoms with Crippen molar-refractivity contribution in [1.29, 1.82) is 0 Å². The Morgan fingerprint density at radius 3 is 2.70 bits per heavy atom. The lowest BCUT2D eigenvalue weighted by Crippen LogP contribution is -2.40. The number of rotatable bonds is 10. The number of nitrogens with zero attached hydrogens (tertiary/aromatic N) is 4. The molecule has 1 aliphatic rings. The first-order valence-electron chi connectivity index (χ1n) is 10.5. The van der Waals surface area contributed by atoms with Gasteiger partial charge in [-0.15, -0.1) is 0 Å². The monoisotopic (exact) mass is 428 g/mol. The van der Waals surface area contributed by atoms with Crippen molar-refractivity contribution in [3.05, 3.63) is 47.4 Å². The number of carbonyl (C=O) groups excluding carboxylic acids is 2. The van der Waals surface area contributed by atoms with Crippen molar-refractivity contribution < 1.29 is 9.59 Å². The Hall–Kier alpha value is -2.60. The molecule has 0 saturated carbocycles. The van der Waals surface area contributed by atoms with Gasteiger partial charge in [-0.2, -0.15) is 0 Å². The maximum absolute atomic E-state index is 11.6. The van der Waals surface area contributed by atoms with Crippen molar-refractivity contribution in [2.45, 2.75) is 45.1 Å². The van der Waals surface area contributed by atoms with E-state index in [9.17, 15) is 9.59 Å².